The molecule has 31 heavy (non-hydrogen) atoms. The van der Waals surface area contributed by atoms with Crippen molar-refractivity contribution in [3.05, 3.63) is 95.0 Å². The van der Waals surface area contributed by atoms with Crippen molar-refractivity contribution in [1.29, 1.82) is 0 Å². The lowest BCUT2D eigenvalue weighted by atomic mass is 10.1. The van der Waals surface area contributed by atoms with Gasteiger partial charge in [-0.2, -0.15) is 0 Å². The fraction of sp³-hybridized carbons (Fsp3) is 0.0870. The number of fused-ring (bicyclic) bond motifs is 1. The highest BCUT2D eigenvalue weighted by atomic mass is 35.5. The Morgan fingerprint density at radius 1 is 1.03 bits per heavy atom. The first-order chi connectivity index (χ1) is 15.1. The van der Waals surface area contributed by atoms with Gasteiger partial charge in [-0.1, -0.05) is 41.9 Å². The van der Waals surface area contributed by atoms with Gasteiger partial charge in [0, 0.05) is 40.6 Å². The predicted molar refractivity (Wildman–Crippen MR) is 116 cm³/mol. The van der Waals surface area contributed by atoms with Crippen molar-refractivity contribution in [3.63, 3.8) is 0 Å². The van der Waals surface area contributed by atoms with Gasteiger partial charge in [-0.05, 0) is 30.7 Å². The number of hydrogen-bond acceptors (Lipinski definition) is 6. The van der Waals surface area contributed by atoms with Crippen LogP contribution in [0.5, 0.6) is 0 Å². The van der Waals surface area contributed by atoms with Crippen molar-refractivity contribution < 1.29 is 9.21 Å². The molecule has 2 aromatic carbocycles. The number of benzene rings is 2. The van der Waals surface area contributed by atoms with Crippen LogP contribution in [0.25, 0.3) is 22.4 Å². The van der Waals surface area contributed by atoms with E-state index in [9.17, 15) is 4.79 Å². The van der Waals surface area contributed by atoms with Gasteiger partial charge in [0.25, 0.3) is 17.6 Å². The Bertz CT molecular complexity index is 1390. The number of nitrogens with zero attached hydrogens (tertiary/aromatic N) is 5. The summed E-state index contributed by atoms with van der Waals surface area (Å²) in [6.07, 6.45) is 4.51. The van der Waals surface area contributed by atoms with Gasteiger partial charge in [0.1, 0.15) is 6.33 Å². The zero-order valence-electron chi connectivity index (χ0n) is 16.5. The number of carbonyl (C=O) groups excluding carboxylic acids is 1. The van der Waals surface area contributed by atoms with E-state index in [4.69, 9.17) is 16.0 Å². The topological polar surface area (TPSA) is 86.7 Å². The molecule has 5 aromatic rings. The van der Waals surface area contributed by atoms with Gasteiger partial charge in [-0.3, -0.25) is 4.79 Å². The molecule has 5 rings (SSSR count). The van der Waals surface area contributed by atoms with E-state index in [0.717, 1.165) is 22.2 Å². The Hall–Kier alpha value is -3.84. The van der Waals surface area contributed by atoms with Gasteiger partial charge < -0.3 is 8.98 Å². The minimum absolute atomic E-state index is 0.0728. The number of rotatable bonds is 5. The molecule has 0 amide bonds. The van der Waals surface area contributed by atoms with Crippen LogP contribution < -0.4 is 0 Å². The first-order valence-electron chi connectivity index (χ1n) is 9.57. The Balaban J connectivity index is 1.57. The average Bonchev–Trinajstić information content (AvgIpc) is 3.40. The Labute approximate surface area is 182 Å². The zero-order valence-corrected chi connectivity index (χ0v) is 17.2. The van der Waals surface area contributed by atoms with Crippen LogP contribution in [0.1, 0.15) is 27.5 Å². The molecule has 0 fully saturated rings. The maximum Gasteiger partial charge on any atom is 0.289 e. The molecule has 8 heteroatoms. The first kappa shape index (κ1) is 19.1. The number of aromatic nitrogens is 5. The van der Waals surface area contributed by atoms with Crippen LogP contribution in [0, 0.1) is 6.92 Å². The lowest BCUT2D eigenvalue weighted by Gasteiger charge is -2.09. The maximum absolute atomic E-state index is 13.4. The highest BCUT2D eigenvalue weighted by Gasteiger charge is 2.25. The third-order valence-electron chi connectivity index (χ3n) is 5.14. The number of hydrogen-bond donors (Lipinski definition) is 0. The zero-order chi connectivity index (χ0) is 21.4. The molecule has 0 spiro atoms. The van der Waals surface area contributed by atoms with Gasteiger partial charge in [0.2, 0.25) is 0 Å². The molecular weight excluding hydrogens is 414 g/mol. The first-order valence-corrected chi connectivity index (χ1v) is 9.95. The monoisotopic (exact) mass is 429 g/mol. The molecule has 0 N–H and O–H groups in total. The molecular formula is C23H16ClN5O2. The Kier molecular flexibility index (Phi) is 4.80. The van der Waals surface area contributed by atoms with E-state index in [0.29, 0.717) is 22.7 Å². The number of ketones is 1. The molecule has 7 nitrogen and oxygen atoms in total. The number of carbonyl (C=O) groups is 1. The summed E-state index contributed by atoms with van der Waals surface area (Å²) < 4.78 is 7.76. The van der Waals surface area contributed by atoms with Crippen molar-refractivity contribution >= 4 is 28.3 Å². The van der Waals surface area contributed by atoms with Gasteiger partial charge >= 0.3 is 0 Å². The summed E-state index contributed by atoms with van der Waals surface area (Å²) in [4.78, 5) is 21.3. The van der Waals surface area contributed by atoms with Gasteiger partial charge in [0.15, 0.2) is 0 Å². The summed E-state index contributed by atoms with van der Waals surface area (Å²) >= 11 is 6.02. The van der Waals surface area contributed by atoms with E-state index >= 15 is 0 Å². The molecule has 0 unspecified atom stereocenters. The molecule has 0 aliphatic rings. The normalized spacial score (nSPS) is 11.2. The number of para-hydroxylation sites is 1. The van der Waals surface area contributed by atoms with Crippen LogP contribution in [0.2, 0.25) is 5.02 Å². The lowest BCUT2D eigenvalue weighted by molar-refractivity contribution is 0.100. The SMILES string of the molecule is Cc1c(C(=O)c2nnc(-c3cncnc3)o2)c2ccccc2n1Cc1ccc(Cl)cc1. The summed E-state index contributed by atoms with van der Waals surface area (Å²) in [6.45, 7) is 2.53. The molecule has 0 atom stereocenters. The smallest absolute Gasteiger partial charge is 0.289 e. The Morgan fingerprint density at radius 3 is 2.55 bits per heavy atom. The van der Waals surface area contributed by atoms with Crippen molar-refractivity contribution in [2.75, 3.05) is 0 Å². The van der Waals surface area contributed by atoms with Crippen molar-refractivity contribution in [3.8, 4) is 11.5 Å². The molecule has 0 radical (unpaired) electrons. The van der Waals surface area contributed by atoms with Crippen LogP contribution in [0.15, 0.2) is 71.7 Å². The molecule has 3 aromatic heterocycles. The van der Waals surface area contributed by atoms with Crippen molar-refractivity contribution in [1.82, 2.24) is 24.7 Å². The van der Waals surface area contributed by atoms with E-state index in [2.05, 4.69) is 24.7 Å². The Morgan fingerprint density at radius 2 is 1.77 bits per heavy atom. The molecule has 0 aliphatic carbocycles. The fourth-order valence-electron chi connectivity index (χ4n) is 3.64. The molecule has 0 saturated carbocycles. The minimum Gasteiger partial charge on any atom is -0.413 e. The van der Waals surface area contributed by atoms with Crippen molar-refractivity contribution in [2.24, 2.45) is 0 Å². The summed E-state index contributed by atoms with van der Waals surface area (Å²) in [7, 11) is 0. The lowest BCUT2D eigenvalue weighted by Crippen LogP contribution is -2.06. The van der Waals surface area contributed by atoms with E-state index < -0.39 is 0 Å². The standard InChI is InChI=1S/C23H16ClN5O2/c1-14-20(21(30)23-28-27-22(31-23)16-10-25-13-26-11-16)18-4-2-3-5-19(18)29(14)12-15-6-8-17(24)9-7-15/h2-11,13H,12H2,1H3. The van der Waals surface area contributed by atoms with Gasteiger partial charge in [-0.15, -0.1) is 10.2 Å². The predicted octanol–water partition coefficient (Wildman–Crippen LogP) is 4.72. The van der Waals surface area contributed by atoms with Gasteiger partial charge in [-0.25, -0.2) is 9.97 Å². The molecule has 0 bridgehead atoms. The van der Waals surface area contributed by atoms with E-state index in [1.165, 1.54) is 6.33 Å². The summed E-state index contributed by atoms with van der Waals surface area (Å²) in [6, 6.07) is 15.5. The quantitative estimate of drug-likeness (QED) is 0.375. The largest absolute Gasteiger partial charge is 0.413 e. The second-order valence-corrected chi connectivity index (χ2v) is 7.50. The molecule has 0 saturated heterocycles. The highest BCUT2D eigenvalue weighted by molar-refractivity contribution is 6.30. The van der Waals surface area contributed by atoms with Crippen LogP contribution in [-0.2, 0) is 6.54 Å². The molecule has 0 aliphatic heterocycles. The van der Waals surface area contributed by atoms with Gasteiger partial charge in [0.05, 0.1) is 11.1 Å². The average molecular weight is 430 g/mol. The van der Waals surface area contributed by atoms with E-state index in [1.807, 2.05) is 55.5 Å². The van der Waals surface area contributed by atoms with Crippen molar-refractivity contribution in [2.45, 2.75) is 13.5 Å². The minimum atomic E-state index is -0.320. The van der Waals surface area contributed by atoms with E-state index in [-0.39, 0.29) is 17.6 Å². The van der Waals surface area contributed by atoms with Crippen LogP contribution >= 0.6 is 11.6 Å². The third kappa shape index (κ3) is 3.49. The fourth-order valence-corrected chi connectivity index (χ4v) is 3.77. The summed E-state index contributed by atoms with van der Waals surface area (Å²) in [5.41, 5.74) is 3.95. The van der Waals surface area contributed by atoms with Crippen LogP contribution in [-0.4, -0.2) is 30.5 Å². The summed E-state index contributed by atoms with van der Waals surface area (Å²) in [5.74, 6) is -0.193. The second-order valence-electron chi connectivity index (χ2n) is 7.06. The second kappa shape index (κ2) is 7.77. The third-order valence-corrected chi connectivity index (χ3v) is 5.39. The highest BCUT2D eigenvalue weighted by Crippen LogP contribution is 2.29. The molecule has 152 valence electrons. The van der Waals surface area contributed by atoms with E-state index in [1.54, 1.807) is 12.4 Å². The number of halogens is 1. The molecule has 3 heterocycles. The summed E-state index contributed by atoms with van der Waals surface area (Å²) in [5, 5.41) is 9.48. The van der Waals surface area contributed by atoms with Crippen LogP contribution in [0.4, 0.5) is 0 Å². The van der Waals surface area contributed by atoms with Crippen LogP contribution in [0.3, 0.4) is 0 Å². The maximum atomic E-state index is 13.4.